The first kappa shape index (κ1) is 12.1. The third-order valence-corrected chi connectivity index (χ3v) is 3.27. The summed E-state index contributed by atoms with van der Waals surface area (Å²) in [5, 5.41) is 3.50. The second-order valence-electron chi connectivity index (χ2n) is 4.51. The van der Waals surface area contributed by atoms with Crippen molar-refractivity contribution in [3.05, 3.63) is 35.4 Å². The molecule has 0 spiro atoms. The second-order valence-corrected chi connectivity index (χ2v) is 4.51. The Morgan fingerprint density at radius 2 is 2.00 bits per heavy atom. The Bertz CT molecular complexity index is 365. The molecule has 1 aromatic rings. The van der Waals surface area contributed by atoms with Gasteiger partial charge in [-0.1, -0.05) is 24.3 Å². The Kier molecular flexibility index (Phi) is 4.15. The average Bonchev–Trinajstić information content (AvgIpc) is 2.76. The van der Waals surface area contributed by atoms with Gasteiger partial charge in [-0.05, 0) is 36.9 Å². The molecule has 0 saturated heterocycles. The molecule has 0 aromatic heterocycles. The van der Waals surface area contributed by atoms with E-state index in [9.17, 15) is 4.79 Å². The number of ether oxygens (including phenoxy) is 1. The Morgan fingerprint density at radius 1 is 1.35 bits per heavy atom. The highest BCUT2D eigenvalue weighted by Crippen LogP contribution is 2.21. The average molecular weight is 233 g/mol. The van der Waals surface area contributed by atoms with E-state index in [2.05, 4.69) is 34.3 Å². The van der Waals surface area contributed by atoms with Crippen molar-refractivity contribution in [3.63, 3.8) is 0 Å². The van der Waals surface area contributed by atoms with Crippen LogP contribution in [0.5, 0.6) is 0 Å². The highest BCUT2D eigenvalue weighted by molar-refractivity contribution is 5.69. The lowest BCUT2D eigenvalue weighted by Gasteiger charge is -2.11. The van der Waals surface area contributed by atoms with Crippen molar-refractivity contribution in [2.75, 3.05) is 13.7 Å². The third kappa shape index (κ3) is 3.30. The fraction of sp³-hybridized carbons (Fsp3) is 0.500. The van der Waals surface area contributed by atoms with Gasteiger partial charge in [0, 0.05) is 12.5 Å². The summed E-state index contributed by atoms with van der Waals surface area (Å²) in [7, 11) is 1.43. The Labute approximate surface area is 102 Å². The fourth-order valence-electron chi connectivity index (χ4n) is 2.34. The van der Waals surface area contributed by atoms with Crippen molar-refractivity contribution in [1.82, 2.24) is 5.32 Å². The van der Waals surface area contributed by atoms with Gasteiger partial charge in [0.1, 0.15) is 0 Å². The molecule has 17 heavy (non-hydrogen) atoms. The van der Waals surface area contributed by atoms with E-state index < -0.39 is 0 Å². The van der Waals surface area contributed by atoms with Gasteiger partial charge in [-0.3, -0.25) is 4.79 Å². The first-order valence-corrected chi connectivity index (χ1v) is 6.16. The van der Waals surface area contributed by atoms with Crippen LogP contribution in [-0.2, 0) is 22.4 Å². The summed E-state index contributed by atoms with van der Waals surface area (Å²) < 4.78 is 4.61. The predicted molar refractivity (Wildman–Crippen MR) is 66.9 cm³/mol. The largest absolute Gasteiger partial charge is 0.469 e. The van der Waals surface area contributed by atoms with Crippen molar-refractivity contribution >= 4 is 5.97 Å². The van der Waals surface area contributed by atoms with E-state index in [0.29, 0.717) is 12.5 Å². The number of fused-ring (bicyclic) bond motifs is 1. The first-order chi connectivity index (χ1) is 8.29. The molecule has 1 N–H and O–H groups in total. The molecule has 1 aliphatic carbocycles. The smallest absolute Gasteiger partial charge is 0.305 e. The van der Waals surface area contributed by atoms with Gasteiger partial charge in [0.2, 0.25) is 0 Å². The van der Waals surface area contributed by atoms with Crippen LogP contribution >= 0.6 is 0 Å². The number of methoxy groups -OCH3 is 1. The van der Waals surface area contributed by atoms with E-state index in [0.717, 1.165) is 25.8 Å². The third-order valence-electron chi connectivity index (χ3n) is 3.27. The molecule has 0 aliphatic heterocycles. The van der Waals surface area contributed by atoms with Crippen LogP contribution < -0.4 is 5.32 Å². The molecule has 0 atom stereocenters. The minimum Gasteiger partial charge on any atom is -0.469 e. The van der Waals surface area contributed by atoms with Gasteiger partial charge in [0.05, 0.1) is 7.11 Å². The number of carbonyl (C=O) groups is 1. The summed E-state index contributed by atoms with van der Waals surface area (Å²) in [5.41, 5.74) is 2.91. The van der Waals surface area contributed by atoms with Crippen molar-refractivity contribution in [2.45, 2.75) is 31.7 Å². The zero-order valence-electron chi connectivity index (χ0n) is 10.2. The molecule has 0 saturated carbocycles. The monoisotopic (exact) mass is 233 g/mol. The van der Waals surface area contributed by atoms with Crippen molar-refractivity contribution in [1.29, 1.82) is 0 Å². The molecule has 2 rings (SSSR count). The zero-order valence-corrected chi connectivity index (χ0v) is 10.2. The minimum atomic E-state index is -0.124. The topological polar surface area (TPSA) is 38.3 Å². The number of hydrogen-bond acceptors (Lipinski definition) is 3. The minimum absolute atomic E-state index is 0.124. The molecule has 3 nitrogen and oxygen atoms in total. The van der Waals surface area contributed by atoms with Crippen LogP contribution in [0.15, 0.2) is 24.3 Å². The molecule has 1 aromatic carbocycles. The van der Waals surface area contributed by atoms with Gasteiger partial charge in [0.15, 0.2) is 0 Å². The van der Waals surface area contributed by atoms with Gasteiger partial charge in [-0.2, -0.15) is 0 Å². The van der Waals surface area contributed by atoms with Gasteiger partial charge < -0.3 is 10.1 Å². The number of hydrogen-bond donors (Lipinski definition) is 1. The molecular formula is C14H19NO2. The van der Waals surface area contributed by atoms with Gasteiger partial charge in [0.25, 0.3) is 0 Å². The summed E-state index contributed by atoms with van der Waals surface area (Å²) >= 11 is 0. The van der Waals surface area contributed by atoms with Crippen LogP contribution in [0.1, 0.15) is 24.0 Å². The van der Waals surface area contributed by atoms with Crippen molar-refractivity contribution in [3.8, 4) is 0 Å². The fourth-order valence-corrected chi connectivity index (χ4v) is 2.34. The van der Waals surface area contributed by atoms with Crippen LogP contribution in [0, 0.1) is 0 Å². The molecule has 0 unspecified atom stereocenters. The Hall–Kier alpha value is -1.35. The molecule has 0 fully saturated rings. The normalized spacial score (nSPS) is 14.6. The Morgan fingerprint density at radius 3 is 2.59 bits per heavy atom. The van der Waals surface area contributed by atoms with Crippen LogP contribution in [0.2, 0.25) is 0 Å². The van der Waals surface area contributed by atoms with E-state index >= 15 is 0 Å². The lowest BCUT2D eigenvalue weighted by atomic mass is 10.1. The standard InChI is InChI=1S/C14H19NO2/c1-17-14(16)7-4-8-15-13-9-11-5-2-3-6-12(11)10-13/h2-3,5-6,13,15H,4,7-10H2,1H3. The van der Waals surface area contributed by atoms with E-state index in [-0.39, 0.29) is 5.97 Å². The number of rotatable bonds is 5. The predicted octanol–water partition coefficient (Wildman–Crippen LogP) is 1.70. The molecule has 1 aliphatic rings. The van der Waals surface area contributed by atoms with Crippen molar-refractivity contribution in [2.24, 2.45) is 0 Å². The summed E-state index contributed by atoms with van der Waals surface area (Å²) in [4.78, 5) is 10.9. The molecule has 3 heteroatoms. The quantitative estimate of drug-likeness (QED) is 0.621. The number of carbonyl (C=O) groups excluding carboxylic acids is 1. The molecule has 0 heterocycles. The summed E-state index contributed by atoms with van der Waals surface area (Å²) in [6.45, 7) is 0.883. The zero-order chi connectivity index (χ0) is 12.1. The number of nitrogens with one attached hydrogen (secondary N) is 1. The maximum Gasteiger partial charge on any atom is 0.305 e. The SMILES string of the molecule is COC(=O)CCCNC1Cc2ccccc2C1. The highest BCUT2D eigenvalue weighted by atomic mass is 16.5. The van der Waals surface area contributed by atoms with Gasteiger partial charge in [-0.25, -0.2) is 0 Å². The number of esters is 1. The van der Waals surface area contributed by atoms with Gasteiger partial charge in [-0.15, -0.1) is 0 Å². The van der Waals surface area contributed by atoms with Crippen LogP contribution in [0.3, 0.4) is 0 Å². The van der Waals surface area contributed by atoms with E-state index in [1.807, 2.05) is 0 Å². The summed E-state index contributed by atoms with van der Waals surface area (Å²) in [6, 6.07) is 9.12. The molecule has 0 amide bonds. The summed E-state index contributed by atoms with van der Waals surface area (Å²) in [5.74, 6) is -0.124. The van der Waals surface area contributed by atoms with Crippen LogP contribution in [0.25, 0.3) is 0 Å². The molecule has 0 radical (unpaired) electrons. The first-order valence-electron chi connectivity index (χ1n) is 6.16. The van der Waals surface area contributed by atoms with Gasteiger partial charge >= 0.3 is 5.97 Å². The molecular weight excluding hydrogens is 214 g/mol. The van der Waals surface area contributed by atoms with E-state index in [1.165, 1.54) is 18.2 Å². The van der Waals surface area contributed by atoms with E-state index in [4.69, 9.17) is 0 Å². The van der Waals surface area contributed by atoms with Crippen molar-refractivity contribution < 1.29 is 9.53 Å². The molecule has 92 valence electrons. The number of benzene rings is 1. The highest BCUT2D eigenvalue weighted by Gasteiger charge is 2.19. The summed E-state index contributed by atoms with van der Waals surface area (Å²) in [6.07, 6.45) is 3.56. The molecule has 0 bridgehead atoms. The Balaban J connectivity index is 1.68. The maximum absolute atomic E-state index is 10.9. The lowest BCUT2D eigenvalue weighted by Crippen LogP contribution is -2.30. The maximum atomic E-state index is 10.9. The van der Waals surface area contributed by atoms with Crippen LogP contribution in [0.4, 0.5) is 0 Å². The lowest BCUT2D eigenvalue weighted by molar-refractivity contribution is -0.140. The van der Waals surface area contributed by atoms with Crippen LogP contribution in [-0.4, -0.2) is 25.7 Å². The second kappa shape index (κ2) is 5.82. The van der Waals surface area contributed by atoms with E-state index in [1.54, 1.807) is 0 Å².